The van der Waals surface area contributed by atoms with Gasteiger partial charge in [-0.15, -0.1) is 12.4 Å². The number of carbonyl (C=O) groups is 1. The molecule has 1 aliphatic rings. The molecule has 0 radical (unpaired) electrons. The van der Waals surface area contributed by atoms with Gasteiger partial charge in [-0.05, 0) is 32.6 Å². The Morgan fingerprint density at radius 2 is 2.17 bits per heavy atom. The zero-order chi connectivity index (χ0) is 16.5. The van der Waals surface area contributed by atoms with Crippen LogP contribution in [0.3, 0.4) is 0 Å². The number of hydrogen-bond acceptors (Lipinski definition) is 6. The van der Waals surface area contributed by atoms with Crippen molar-refractivity contribution in [2.24, 2.45) is 11.7 Å². The van der Waals surface area contributed by atoms with Gasteiger partial charge in [0.05, 0.1) is 7.11 Å². The molecular weight excluding hydrogens is 344 g/mol. The number of nitrogens with two attached hydrogens (primary N) is 1. The molecule has 1 saturated heterocycles. The fourth-order valence-electron chi connectivity index (χ4n) is 2.68. The van der Waals surface area contributed by atoms with E-state index in [1.807, 2.05) is 6.92 Å². The third kappa shape index (κ3) is 4.06. The van der Waals surface area contributed by atoms with Gasteiger partial charge in [0, 0.05) is 25.2 Å². The fraction of sp³-hybridized carbons (Fsp3) is 0.643. The summed E-state index contributed by atoms with van der Waals surface area (Å²) in [5.41, 5.74) is 5.90. The number of ether oxygens (including phenoxy) is 1. The molecule has 0 amide bonds. The molecule has 1 aromatic rings. The minimum atomic E-state index is -3.70. The van der Waals surface area contributed by atoms with E-state index in [4.69, 9.17) is 10.2 Å². The topological polar surface area (TPSA) is 103 Å². The number of hydrogen-bond donors (Lipinski definition) is 1. The van der Waals surface area contributed by atoms with Gasteiger partial charge in [-0.3, -0.25) is 0 Å². The summed E-state index contributed by atoms with van der Waals surface area (Å²) in [4.78, 5) is 11.5. The Kier molecular flexibility index (Phi) is 6.64. The zero-order valence-corrected chi connectivity index (χ0v) is 15.1. The van der Waals surface area contributed by atoms with Crippen LogP contribution in [0.4, 0.5) is 0 Å². The molecule has 1 aromatic heterocycles. The third-order valence-electron chi connectivity index (χ3n) is 4.04. The van der Waals surface area contributed by atoms with Crippen molar-refractivity contribution in [3.8, 4) is 0 Å². The monoisotopic (exact) mass is 366 g/mol. The molecule has 23 heavy (non-hydrogen) atoms. The fourth-order valence-corrected chi connectivity index (χ4v) is 4.38. The maximum atomic E-state index is 12.8. The molecule has 0 aromatic carbocycles. The van der Waals surface area contributed by atoms with E-state index in [9.17, 15) is 13.2 Å². The van der Waals surface area contributed by atoms with Crippen molar-refractivity contribution in [1.82, 2.24) is 4.31 Å². The lowest BCUT2D eigenvalue weighted by atomic mass is 9.93. The highest BCUT2D eigenvalue weighted by molar-refractivity contribution is 7.89. The Morgan fingerprint density at radius 3 is 2.74 bits per heavy atom. The summed E-state index contributed by atoms with van der Waals surface area (Å²) in [5.74, 6) is -0.491. The van der Waals surface area contributed by atoms with Gasteiger partial charge in [0.15, 0.2) is 0 Å². The average molecular weight is 367 g/mol. The van der Waals surface area contributed by atoms with Gasteiger partial charge in [0.2, 0.25) is 15.8 Å². The van der Waals surface area contributed by atoms with Gasteiger partial charge < -0.3 is 14.9 Å². The number of halogens is 1. The van der Waals surface area contributed by atoms with Crippen molar-refractivity contribution in [2.75, 3.05) is 20.2 Å². The van der Waals surface area contributed by atoms with Gasteiger partial charge in [0.1, 0.15) is 10.7 Å². The second-order valence-corrected chi connectivity index (χ2v) is 7.55. The van der Waals surface area contributed by atoms with Crippen LogP contribution in [0, 0.1) is 12.8 Å². The molecule has 2 atom stereocenters. The molecule has 1 fully saturated rings. The lowest BCUT2D eigenvalue weighted by Gasteiger charge is -2.33. The number of furan rings is 1. The Morgan fingerprint density at radius 1 is 1.52 bits per heavy atom. The van der Waals surface area contributed by atoms with Crippen molar-refractivity contribution in [3.63, 3.8) is 0 Å². The highest BCUT2D eigenvalue weighted by Crippen LogP contribution is 2.28. The molecule has 0 saturated carbocycles. The average Bonchev–Trinajstić information content (AvgIpc) is 2.89. The van der Waals surface area contributed by atoms with Gasteiger partial charge in [-0.1, -0.05) is 0 Å². The Hall–Kier alpha value is -1.09. The Labute approximate surface area is 142 Å². The molecule has 2 rings (SSSR count). The molecule has 0 bridgehead atoms. The number of sulfonamides is 1. The summed E-state index contributed by atoms with van der Waals surface area (Å²) >= 11 is 0. The number of nitrogens with zero attached hydrogens (tertiary/aromatic N) is 1. The van der Waals surface area contributed by atoms with Crippen molar-refractivity contribution in [1.29, 1.82) is 0 Å². The SMILES string of the molecule is COC(=O)c1cc(S(=O)(=O)N2CCCC(C(C)N)C2)c(C)o1.Cl. The van der Waals surface area contributed by atoms with Crippen LogP contribution in [0.1, 0.15) is 36.1 Å². The van der Waals surface area contributed by atoms with E-state index in [1.165, 1.54) is 24.4 Å². The molecule has 2 unspecified atom stereocenters. The zero-order valence-electron chi connectivity index (χ0n) is 13.4. The van der Waals surface area contributed by atoms with Gasteiger partial charge in [-0.25, -0.2) is 13.2 Å². The minimum absolute atomic E-state index is 0. The molecule has 2 heterocycles. The van der Waals surface area contributed by atoms with E-state index in [-0.39, 0.29) is 40.8 Å². The van der Waals surface area contributed by atoms with Crippen LogP contribution in [0.2, 0.25) is 0 Å². The third-order valence-corrected chi connectivity index (χ3v) is 6.01. The van der Waals surface area contributed by atoms with Crippen LogP contribution in [0.15, 0.2) is 15.4 Å². The van der Waals surface area contributed by atoms with Crippen molar-refractivity contribution in [3.05, 3.63) is 17.6 Å². The highest BCUT2D eigenvalue weighted by atomic mass is 35.5. The first-order valence-electron chi connectivity index (χ1n) is 7.22. The number of methoxy groups -OCH3 is 1. The summed E-state index contributed by atoms with van der Waals surface area (Å²) < 4.78 is 36.7. The Balaban J connectivity index is 0.00000264. The number of piperidine rings is 1. The summed E-state index contributed by atoms with van der Waals surface area (Å²) in [6.45, 7) is 4.24. The summed E-state index contributed by atoms with van der Waals surface area (Å²) in [6, 6.07) is 1.17. The quantitative estimate of drug-likeness (QED) is 0.811. The smallest absolute Gasteiger partial charge is 0.373 e. The molecule has 9 heteroatoms. The predicted molar refractivity (Wildman–Crippen MR) is 87.2 cm³/mol. The summed E-state index contributed by atoms with van der Waals surface area (Å²) in [6.07, 6.45) is 1.69. The second-order valence-electron chi connectivity index (χ2n) is 5.65. The number of esters is 1. The van der Waals surface area contributed by atoms with E-state index in [0.29, 0.717) is 13.1 Å². The van der Waals surface area contributed by atoms with Crippen LogP contribution in [-0.4, -0.2) is 44.9 Å². The van der Waals surface area contributed by atoms with Crippen LogP contribution in [0.5, 0.6) is 0 Å². The normalized spacial score (nSPS) is 20.6. The van der Waals surface area contributed by atoms with Crippen LogP contribution >= 0.6 is 12.4 Å². The lowest BCUT2D eigenvalue weighted by molar-refractivity contribution is 0.0563. The molecule has 132 valence electrons. The lowest BCUT2D eigenvalue weighted by Crippen LogP contribution is -2.45. The maximum Gasteiger partial charge on any atom is 0.373 e. The van der Waals surface area contributed by atoms with Crippen molar-refractivity contribution >= 4 is 28.4 Å². The van der Waals surface area contributed by atoms with Crippen LogP contribution in [0.25, 0.3) is 0 Å². The summed E-state index contributed by atoms with van der Waals surface area (Å²) in [5, 5.41) is 0. The van der Waals surface area contributed by atoms with Crippen LogP contribution < -0.4 is 5.73 Å². The summed E-state index contributed by atoms with van der Waals surface area (Å²) in [7, 11) is -2.49. The second kappa shape index (κ2) is 7.65. The van der Waals surface area contributed by atoms with Gasteiger partial charge in [-0.2, -0.15) is 4.31 Å². The molecule has 0 spiro atoms. The highest BCUT2D eigenvalue weighted by Gasteiger charge is 2.34. The van der Waals surface area contributed by atoms with E-state index in [0.717, 1.165) is 12.8 Å². The van der Waals surface area contributed by atoms with E-state index < -0.39 is 16.0 Å². The van der Waals surface area contributed by atoms with E-state index in [1.54, 1.807) is 0 Å². The van der Waals surface area contributed by atoms with Crippen molar-refractivity contribution in [2.45, 2.75) is 37.6 Å². The number of carbonyl (C=O) groups excluding carboxylic acids is 1. The molecule has 7 nitrogen and oxygen atoms in total. The minimum Gasteiger partial charge on any atom is -0.463 e. The van der Waals surface area contributed by atoms with Gasteiger partial charge >= 0.3 is 5.97 Å². The standard InChI is InChI=1S/C14H22N2O5S.ClH/c1-9(15)11-5-4-6-16(8-11)22(18,19)13-7-12(14(17)20-3)21-10(13)2;/h7,9,11H,4-6,8,15H2,1-3H3;1H. The van der Waals surface area contributed by atoms with E-state index >= 15 is 0 Å². The van der Waals surface area contributed by atoms with Gasteiger partial charge in [0.25, 0.3) is 0 Å². The maximum absolute atomic E-state index is 12.8. The number of rotatable bonds is 4. The number of aryl methyl sites for hydroxylation is 1. The molecule has 1 aliphatic heterocycles. The van der Waals surface area contributed by atoms with Crippen molar-refractivity contribution < 1.29 is 22.4 Å². The molecule has 2 N–H and O–H groups in total. The first kappa shape index (κ1) is 20.0. The molecule has 0 aliphatic carbocycles. The first-order chi connectivity index (χ1) is 10.3. The largest absolute Gasteiger partial charge is 0.463 e. The predicted octanol–water partition coefficient (Wildman–Crippen LogP) is 1.54. The van der Waals surface area contributed by atoms with Crippen LogP contribution in [-0.2, 0) is 14.8 Å². The van der Waals surface area contributed by atoms with E-state index in [2.05, 4.69) is 4.74 Å². The Bertz CT molecular complexity index is 656. The molecular formula is C14H23ClN2O5S. The first-order valence-corrected chi connectivity index (χ1v) is 8.66.